The molecule has 0 spiro atoms. The molecule has 24 heavy (non-hydrogen) atoms. The van der Waals surface area contributed by atoms with Gasteiger partial charge in [0.25, 0.3) is 0 Å². The summed E-state index contributed by atoms with van der Waals surface area (Å²) in [6.45, 7) is 2.22. The first-order valence-corrected chi connectivity index (χ1v) is 8.47. The quantitative estimate of drug-likeness (QED) is 0.895. The van der Waals surface area contributed by atoms with E-state index in [0.717, 1.165) is 18.5 Å². The van der Waals surface area contributed by atoms with Crippen LogP contribution in [0.4, 0.5) is 15.0 Å². The average molecular weight is 330 g/mol. The average Bonchev–Trinajstić information content (AvgIpc) is 2.90. The second-order valence-corrected chi connectivity index (χ2v) is 6.35. The molecule has 2 N–H and O–H groups in total. The predicted octanol–water partition coefficient (Wildman–Crippen LogP) is 3.83. The molecule has 6 heteroatoms. The zero-order valence-corrected chi connectivity index (χ0v) is 13.9. The highest BCUT2D eigenvalue weighted by molar-refractivity contribution is 5.88. The second-order valence-electron chi connectivity index (χ2n) is 6.35. The van der Waals surface area contributed by atoms with Crippen LogP contribution in [0, 0.1) is 12.7 Å². The summed E-state index contributed by atoms with van der Waals surface area (Å²) in [5.41, 5.74) is 1.44. The Morgan fingerprint density at radius 3 is 2.79 bits per heavy atom. The number of hydrogen-bond acceptors (Lipinski definition) is 2. The SMILES string of the molecule is Cc1cc(NC(=O)NC2CCCCC2)nn1Cc1ccccc1F. The molecule has 1 aromatic heterocycles. The molecule has 2 aromatic rings. The van der Waals surface area contributed by atoms with Crippen LogP contribution in [0.15, 0.2) is 30.3 Å². The van der Waals surface area contributed by atoms with Gasteiger partial charge in [-0.2, -0.15) is 5.10 Å². The molecule has 1 aliphatic rings. The third-order valence-corrected chi connectivity index (χ3v) is 4.44. The zero-order chi connectivity index (χ0) is 16.9. The Morgan fingerprint density at radius 1 is 1.29 bits per heavy atom. The summed E-state index contributed by atoms with van der Waals surface area (Å²) in [6, 6.07) is 8.45. The number of anilines is 1. The summed E-state index contributed by atoms with van der Waals surface area (Å²) >= 11 is 0. The van der Waals surface area contributed by atoms with Gasteiger partial charge in [0, 0.05) is 23.4 Å². The highest BCUT2D eigenvalue weighted by Crippen LogP contribution is 2.18. The lowest BCUT2D eigenvalue weighted by Gasteiger charge is -2.22. The van der Waals surface area contributed by atoms with Crippen molar-refractivity contribution in [2.24, 2.45) is 0 Å². The Bertz CT molecular complexity index is 707. The van der Waals surface area contributed by atoms with E-state index in [-0.39, 0.29) is 17.9 Å². The lowest BCUT2D eigenvalue weighted by molar-refractivity contribution is 0.244. The number of nitrogens with one attached hydrogen (secondary N) is 2. The molecule has 0 unspecified atom stereocenters. The number of aromatic nitrogens is 2. The number of urea groups is 1. The van der Waals surface area contributed by atoms with Gasteiger partial charge >= 0.3 is 6.03 Å². The molecule has 0 bridgehead atoms. The van der Waals surface area contributed by atoms with E-state index in [0.29, 0.717) is 17.9 Å². The van der Waals surface area contributed by atoms with Crippen LogP contribution in [0.3, 0.4) is 0 Å². The molecule has 5 nitrogen and oxygen atoms in total. The highest BCUT2D eigenvalue weighted by atomic mass is 19.1. The standard InChI is InChI=1S/C18H23FN4O/c1-13-11-17(21-18(24)20-15-8-3-2-4-9-15)22-23(13)12-14-7-5-6-10-16(14)19/h5-7,10-11,15H,2-4,8-9,12H2,1H3,(H2,20,21,22,24). The number of hydrogen-bond donors (Lipinski definition) is 2. The van der Waals surface area contributed by atoms with Crippen molar-refractivity contribution in [3.05, 3.63) is 47.4 Å². The molecule has 2 amide bonds. The van der Waals surface area contributed by atoms with Crippen LogP contribution in [0.25, 0.3) is 0 Å². The molecule has 128 valence electrons. The van der Waals surface area contributed by atoms with E-state index in [9.17, 15) is 9.18 Å². The molecular formula is C18H23FN4O. The Hall–Kier alpha value is -2.37. The lowest BCUT2D eigenvalue weighted by Crippen LogP contribution is -2.39. The third kappa shape index (κ3) is 4.13. The van der Waals surface area contributed by atoms with Gasteiger partial charge < -0.3 is 5.32 Å². The van der Waals surface area contributed by atoms with Gasteiger partial charge in [-0.25, -0.2) is 9.18 Å². The fraction of sp³-hybridized carbons (Fsp3) is 0.444. The number of halogens is 1. The van der Waals surface area contributed by atoms with Crippen molar-refractivity contribution >= 4 is 11.8 Å². The first kappa shape index (κ1) is 16.5. The molecule has 0 atom stereocenters. The van der Waals surface area contributed by atoms with Crippen molar-refractivity contribution in [1.82, 2.24) is 15.1 Å². The summed E-state index contributed by atoms with van der Waals surface area (Å²) in [7, 11) is 0. The van der Waals surface area contributed by atoms with Gasteiger partial charge in [0.1, 0.15) is 5.82 Å². The van der Waals surface area contributed by atoms with Gasteiger partial charge in [-0.3, -0.25) is 10.00 Å². The van der Waals surface area contributed by atoms with Crippen LogP contribution >= 0.6 is 0 Å². The van der Waals surface area contributed by atoms with Crippen molar-refractivity contribution in [3.8, 4) is 0 Å². The van der Waals surface area contributed by atoms with Crippen molar-refractivity contribution in [3.63, 3.8) is 0 Å². The molecule has 1 saturated carbocycles. The molecule has 1 fully saturated rings. The number of carbonyl (C=O) groups is 1. The van der Waals surface area contributed by atoms with Crippen molar-refractivity contribution in [1.29, 1.82) is 0 Å². The Kier molecular flexibility index (Phi) is 5.13. The fourth-order valence-electron chi connectivity index (χ4n) is 3.10. The van der Waals surface area contributed by atoms with Gasteiger partial charge in [-0.15, -0.1) is 0 Å². The summed E-state index contributed by atoms with van der Waals surface area (Å²) in [5, 5.41) is 10.1. The highest BCUT2D eigenvalue weighted by Gasteiger charge is 2.16. The van der Waals surface area contributed by atoms with Gasteiger partial charge in [0.2, 0.25) is 0 Å². The minimum Gasteiger partial charge on any atom is -0.335 e. The van der Waals surface area contributed by atoms with Crippen LogP contribution in [0.5, 0.6) is 0 Å². The second kappa shape index (κ2) is 7.47. The van der Waals surface area contributed by atoms with Crippen LogP contribution in [0.1, 0.15) is 43.4 Å². The Morgan fingerprint density at radius 2 is 2.04 bits per heavy atom. The number of nitrogens with zero attached hydrogens (tertiary/aromatic N) is 2. The summed E-state index contributed by atoms with van der Waals surface area (Å²) in [5.74, 6) is 0.231. The topological polar surface area (TPSA) is 59.0 Å². The Balaban J connectivity index is 1.61. The third-order valence-electron chi connectivity index (χ3n) is 4.44. The maximum Gasteiger partial charge on any atom is 0.320 e. The summed E-state index contributed by atoms with van der Waals surface area (Å²) in [4.78, 5) is 12.1. The van der Waals surface area contributed by atoms with Crippen LogP contribution in [0.2, 0.25) is 0 Å². The van der Waals surface area contributed by atoms with Gasteiger partial charge in [-0.05, 0) is 25.8 Å². The van der Waals surface area contributed by atoms with E-state index < -0.39 is 0 Å². The summed E-state index contributed by atoms with van der Waals surface area (Å²) in [6.07, 6.45) is 5.66. The van der Waals surface area contributed by atoms with Crippen LogP contribution in [-0.2, 0) is 6.54 Å². The molecule has 1 heterocycles. The van der Waals surface area contributed by atoms with Crippen LogP contribution in [-0.4, -0.2) is 21.9 Å². The number of amides is 2. The van der Waals surface area contributed by atoms with E-state index in [4.69, 9.17) is 0 Å². The molecule has 0 radical (unpaired) electrons. The minimum absolute atomic E-state index is 0.225. The van der Waals surface area contributed by atoms with Crippen molar-refractivity contribution < 1.29 is 9.18 Å². The number of aryl methyl sites for hydroxylation is 1. The van der Waals surface area contributed by atoms with Gasteiger partial charge in [0.15, 0.2) is 5.82 Å². The molecule has 1 aromatic carbocycles. The Labute approximate surface area is 141 Å². The van der Waals surface area contributed by atoms with Crippen molar-refractivity contribution in [2.45, 2.75) is 51.6 Å². The lowest BCUT2D eigenvalue weighted by atomic mass is 9.96. The largest absolute Gasteiger partial charge is 0.335 e. The van der Waals surface area contributed by atoms with Gasteiger partial charge in [0.05, 0.1) is 6.54 Å². The molecule has 0 saturated heterocycles. The molecule has 1 aliphatic carbocycles. The molecular weight excluding hydrogens is 307 g/mol. The maximum absolute atomic E-state index is 13.8. The van der Waals surface area contributed by atoms with E-state index >= 15 is 0 Å². The predicted molar refractivity (Wildman–Crippen MR) is 91.5 cm³/mol. The zero-order valence-electron chi connectivity index (χ0n) is 13.9. The van der Waals surface area contributed by atoms with E-state index in [2.05, 4.69) is 15.7 Å². The van der Waals surface area contributed by atoms with E-state index in [1.807, 2.05) is 6.92 Å². The monoisotopic (exact) mass is 330 g/mol. The maximum atomic E-state index is 13.8. The van der Waals surface area contributed by atoms with Crippen LogP contribution < -0.4 is 10.6 Å². The van der Waals surface area contributed by atoms with E-state index in [1.165, 1.54) is 25.3 Å². The fourth-order valence-corrected chi connectivity index (χ4v) is 3.10. The summed E-state index contributed by atoms with van der Waals surface area (Å²) < 4.78 is 15.5. The van der Waals surface area contributed by atoms with Crippen molar-refractivity contribution in [2.75, 3.05) is 5.32 Å². The molecule has 0 aliphatic heterocycles. The number of rotatable bonds is 4. The minimum atomic E-state index is -0.253. The first-order valence-electron chi connectivity index (χ1n) is 8.47. The molecule has 3 rings (SSSR count). The normalized spacial score (nSPS) is 15.2. The first-order chi connectivity index (χ1) is 11.6. The number of carbonyl (C=O) groups excluding carboxylic acids is 1. The van der Waals surface area contributed by atoms with E-state index in [1.54, 1.807) is 28.9 Å². The number of benzene rings is 1. The van der Waals surface area contributed by atoms with Gasteiger partial charge in [-0.1, -0.05) is 37.5 Å². The smallest absolute Gasteiger partial charge is 0.320 e.